The van der Waals surface area contributed by atoms with Crippen LogP contribution >= 0.6 is 0 Å². The Morgan fingerprint density at radius 2 is 2.25 bits per heavy atom. The molecule has 0 aliphatic carbocycles. The van der Waals surface area contributed by atoms with Crippen LogP contribution in [0.2, 0.25) is 0 Å². The molecule has 0 saturated carbocycles. The van der Waals surface area contributed by atoms with Crippen molar-refractivity contribution in [3.63, 3.8) is 0 Å². The molecule has 1 N–H and O–H groups in total. The maximum atomic E-state index is 12.6. The van der Waals surface area contributed by atoms with Gasteiger partial charge in [0.15, 0.2) is 0 Å². The molecule has 2 atom stereocenters. The number of allylic oxidation sites excluding steroid dienone is 1. The fourth-order valence-corrected chi connectivity index (χ4v) is 2.96. The third-order valence-electron chi connectivity index (χ3n) is 4.37. The van der Waals surface area contributed by atoms with Gasteiger partial charge in [0.2, 0.25) is 0 Å². The molecular weight excluding hydrogens is 306 g/mol. The van der Waals surface area contributed by atoms with Crippen molar-refractivity contribution in [1.82, 2.24) is 5.32 Å². The van der Waals surface area contributed by atoms with Crippen molar-refractivity contribution < 1.29 is 19.0 Å². The lowest BCUT2D eigenvalue weighted by Crippen LogP contribution is -2.50. The molecule has 0 bridgehead atoms. The van der Waals surface area contributed by atoms with E-state index in [0.29, 0.717) is 32.0 Å². The molecule has 0 radical (unpaired) electrons. The van der Waals surface area contributed by atoms with Crippen molar-refractivity contribution in [3.8, 4) is 5.75 Å². The number of nitrogens with one attached hydrogen (secondary N) is 1. The predicted molar refractivity (Wildman–Crippen MR) is 91.5 cm³/mol. The Bertz CT molecular complexity index is 622. The van der Waals surface area contributed by atoms with Gasteiger partial charge in [0.1, 0.15) is 11.9 Å². The van der Waals surface area contributed by atoms with Crippen LogP contribution in [0.25, 0.3) is 0 Å². The van der Waals surface area contributed by atoms with E-state index in [9.17, 15) is 4.79 Å². The van der Waals surface area contributed by atoms with E-state index in [1.807, 2.05) is 38.1 Å². The minimum absolute atomic E-state index is 0.0266. The summed E-state index contributed by atoms with van der Waals surface area (Å²) in [5.74, 6) is 0.827. The maximum Gasteiger partial charge on any atom is 0.251 e. The van der Waals surface area contributed by atoms with E-state index in [-0.39, 0.29) is 18.1 Å². The van der Waals surface area contributed by atoms with Crippen LogP contribution in [0.15, 0.2) is 29.8 Å². The minimum Gasteiger partial charge on any atom is -0.493 e. The van der Waals surface area contributed by atoms with Crippen LogP contribution < -0.4 is 10.1 Å². The average Bonchev–Trinajstić information content (AvgIpc) is 3.03. The number of benzene rings is 1. The van der Waals surface area contributed by atoms with Crippen LogP contribution in [0, 0.1) is 0 Å². The van der Waals surface area contributed by atoms with Gasteiger partial charge < -0.3 is 19.5 Å². The van der Waals surface area contributed by atoms with Crippen LogP contribution in [0.4, 0.5) is 0 Å². The number of hydrogen-bond acceptors (Lipinski definition) is 4. The molecule has 1 fully saturated rings. The normalized spacial score (nSPS) is 22.4. The van der Waals surface area contributed by atoms with Gasteiger partial charge in [-0.3, -0.25) is 4.79 Å². The van der Waals surface area contributed by atoms with Crippen molar-refractivity contribution in [2.45, 2.75) is 38.8 Å². The molecule has 1 aromatic rings. The van der Waals surface area contributed by atoms with Gasteiger partial charge in [-0.2, -0.15) is 0 Å². The first-order valence-electron chi connectivity index (χ1n) is 8.53. The first-order valence-corrected chi connectivity index (χ1v) is 8.53. The lowest BCUT2D eigenvalue weighted by molar-refractivity contribution is -0.0589. The van der Waals surface area contributed by atoms with Crippen LogP contribution in [0.3, 0.4) is 0 Å². The van der Waals surface area contributed by atoms with Crippen molar-refractivity contribution in [3.05, 3.63) is 41.0 Å². The summed E-state index contributed by atoms with van der Waals surface area (Å²) in [6.07, 6.45) is 3.55. The molecule has 5 heteroatoms. The number of hydrogen-bond donors (Lipinski definition) is 1. The molecule has 24 heavy (non-hydrogen) atoms. The van der Waals surface area contributed by atoms with Gasteiger partial charge in [-0.05, 0) is 44.0 Å². The summed E-state index contributed by atoms with van der Waals surface area (Å²) in [5.41, 5.74) is 2.99. The molecule has 1 saturated heterocycles. The van der Waals surface area contributed by atoms with Gasteiger partial charge >= 0.3 is 0 Å². The van der Waals surface area contributed by atoms with Crippen LogP contribution in [-0.4, -0.2) is 44.5 Å². The molecule has 2 heterocycles. The molecule has 1 aromatic carbocycles. The maximum absolute atomic E-state index is 12.6. The number of carbonyl (C=O) groups is 1. The highest BCUT2D eigenvalue weighted by atomic mass is 16.5. The lowest BCUT2D eigenvalue weighted by Gasteiger charge is -2.32. The van der Waals surface area contributed by atoms with Crippen LogP contribution in [-0.2, 0) is 15.9 Å². The summed E-state index contributed by atoms with van der Waals surface area (Å²) >= 11 is 0. The number of ether oxygens (including phenoxy) is 3. The molecule has 2 aliphatic rings. The topological polar surface area (TPSA) is 56.8 Å². The monoisotopic (exact) mass is 331 g/mol. The zero-order chi connectivity index (χ0) is 16.9. The van der Waals surface area contributed by atoms with Gasteiger partial charge in [0, 0.05) is 18.6 Å². The Labute approximate surface area is 143 Å². The summed E-state index contributed by atoms with van der Waals surface area (Å²) in [6, 6.07) is 5.60. The van der Waals surface area contributed by atoms with Crippen molar-refractivity contribution in [1.29, 1.82) is 0 Å². The van der Waals surface area contributed by atoms with Crippen LogP contribution in [0.5, 0.6) is 5.75 Å². The lowest BCUT2D eigenvalue weighted by atomic mass is 10.0. The molecule has 1 amide bonds. The van der Waals surface area contributed by atoms with E-state index in [4.69, 9.17) is 14.2 Å². The summed E-state index contributed by atoms with van der Waals surface area (Å²) in [7, 11) is 0. The number of amides is 1. The Hall–Kier alpha value is -1.85. The molecule has 0 spiro atoms. The minimum atomic E-state index is -0.115. The van der Waals surface area contributed by atoms with E-state index in [1.165, 1.54) is 5.57 Å². The summed E-state index contributed by atoms with van der Waals surface area (Å²) in [5, 5.41) is 3.11. The third-order valence-corrected chi connectivity index (χ3v) is 4.37. The van der Waals surface area contributed by atoms with E-state index in [1.54, 1.807) is 0 Å². The SMILES string of the molecule is CC(C)=CCO[C@@H]1COCC[C@H]1NC(=O)c1ccc2c(c1)CCO2. The molecule has 0 aromatic heterocycles. The van der Waals surface area contributed by atoms with Gasteiger partial charge in [-0.15, -0.1) is 0 Å². The van der Waals surface area contributed by atoms with E-state index in [0.717, 1.165) is 24.2 Å². The molecule has 130 valence electrons. The molecule has 0 unspecified atom stereocenters. The van der Waals surface area contributed by atoms with E-state index in [2.05, 4.69) is 5.32 Å². The highest BCUT2D eigenvalue weighted by Crippen LogP contribution is 2.26. The summed E-state index contributed by atoms with van der Waals surface area (Å²) in [6.45, 7) is 6.47. The smallest absolute Gasteiger partial charge is 0.251 e. The Morgan fingerprint density at radius 3 is 3.08 bits per heavy atom. The first-order chi connectivity index (χ1) is 11.6. The number of carbonyl (C=O) groups excluding carboxylic acids is 1. The Kier molecular flexibility index (Phi) is 5.53. The highest BCUT2D eigenvalue weighted by Gasteiger charge is 2.28. The average molecular weight is 331 g/mol. The molecular formula is C19H25NO4. The fourth-order valence-electron chi connectivity index (χ4n) is 2.96. The van der Waals surface area contributed by atoms with E-state index < -0.39 is 0 Å². The third kappa shape index (κ3) is 4.16. The molecule has 2 aliphatic heterocycles. The van der Waals surface area contributed by atoms with Crippen LogP contribution in [0.1, 0.15) is 36.2 Å². The predicted octanol–water partition coefficient (Wildman–Crippen LogP) is 2.49. The first kappa shape index (κ1) is 17.0. The van der Waals surface area contributed by atoms with Gasteiger partial charge in [-0.1, -0.05) is 11.6 Å². The molecule has 3 rings (SSSR count). The second kappa shape index (κ2) is 7.81. The standard InChI is InChI=1S/C19H25NO4/c1-13(2)5-9-24-18-12-22-8-7-16(18)20-19(21)15-3-4-17-14(11-15)6-10-23-17/h3-5,11,16,18H,6-10,12H2,1-2H3,(H,20,21)/t16-,18-/m1/s1. The van der Waals surface area contributed by atoms with E-state index >= 15 is 0 Å². The number of rotatable bonds is 5. The fraction of sp³-hybridized carbons (Fsp3) is 0.526. The molecule has 5 nitrogen and oxygen atoms in total. The zero-order valence-electron chi connectivity index (χ0n) is 14.3. The summed E-state index contributed by atoms with van der Waals surface area (Å²) < 4.78 is 16.9. The van der Waals surface area contributed by atoms with Gasteiger partial charge in [-0.25, -0.2) is 0 Å². The second-order valence-corrected chi connectivity index (χ2v) is 6.52. The second-order valence-electron chi connectivity index (χ2n) is 6.52. The van der Waals surface area contributed by atoms with Gasteiger partial charge in [0.25, 0.3) is 5.91 Å². The Balaban J connectivity index is 1.61. The van der Waals surface area contributed by atoms with Crippen molar-refractivity contribution >= 4 is 5.91 Å². The number of fused-ring (bicyclic) bond motifs is 1. The zero-order valence-corrected chi connectivity index (χ0v) is 14.3. The largest absolute Gasteiger partial charge is 0.493 e. The van der Waals surface area contributed by atoms with Crippen molar-refractivity contribution in [2.24, 2.45) is 0 Å². The van der Waals surface area contributed by atoms with Gasteiger partial charge in [0.05, 0.1) is 25.9 Å². The highest BCUT2D eigenvalue weighted by molar-refractivity contribution is 5.94. The Morgan fingerprint density at radius 1 is 1.38 bits per heavy atom. The van der Waals surface area contributed by atoms with Crippen molar-refractivity contribution in [2.75, 3.05) is 26.4 Å². The summed E-state index contributed by atoms with van der Waals surface area (Å²) in [4.78, 5) is 12.6. The quantitative estimate of drug-likeness (QED) is 0.842.